The number of halogens is 3. The maximum atomic E-state index is 14.4. The molecule has 0 spiro atoms. The van der Waals surface area contributed by atoms with E-state index in [9.17, 15) is 76.1 Å². The molecular formula is C49H66F3N7O14. The molecule has 0 fully saturated rings. The highest BCUT2D eigenvalue weighted by Crippen LogP contribution is 2.24. The lowest BCUT2D eigenvalue weighted by Crippen LogP contribution is -2.62. The van der Waals surface area contributed by atoms with Crippen LogP contribution in [0.2, 0.25) is 0 Å². The summed E-state index contributed by atoms with van der Waals surface area (Å²) in [5, 5.41) is 44.0. The Morgan fingerprint density at radius 2 is 1.10 bits per heavy atom. The van der Waals surface area contributed by atoms with Crippen LogP contribution in [0.4, 0.5) is 13.2 Å². The number of carbonyl (C=O) groups is 11. The zero-order valence-corrected chi connectivity index (χ0v) is 41.6. The van der Waals surface area contributed by atoms with E-state index < -0.39 is 163 Å². The number of aryl methyl sites for hydroxylation is 1. The Bertz CT molecular complexity index is 2310. The van der Waals surface area contributed by atoms with Gasteiger partial charge < -0.3 is 52.5 Å². The minimum Gasteiger partial charge on any atom is -0.481 e. The van der Waals surface area contributed by atoms with Crippen molar-refractivity contribution in [3.8, 4) is 0 Å². The smallest absolute Gasteiger partial charge is 0.391 e. The first-order valence-corrected chi connectivity index (χ1v) is 23.4. The van der Waals surface area contributed by atoms with Crippen LogP contribution < -0.4 is 37.2 Å². The van der Waals surface area contributed by atoms with Crippen molar-refractivity contribution in [3.63, 3.8) is 0 Å². The second-order valence-corrected chi connectivity index (χ2v) is 18.9. The third-order valence-electron chi connectivity index (χ3n) is 11.2. The number of ketones is 1. The number of nitrogens with one attached hydrogen (secondary N) is 7. The number of aliphatic carboxylic acids is 3. The van der Waals surface area contributed by atoms with Crippen LogP contribution >= 0.6 is 0 Å². The molecule has 402 valence electrons. The third kappa shape index (κ3) is 22.3. The number of alkyl halides is 3. The summed E-state index contributed by atoms with van der Waals surface area (Å²) in [6, 6.07) is 3.27. The molecule has 2 aromatic rings. The molecule has 2 rings (SSSR count). The summed E-state index contributed by atoms with van der Waals surface area (Å²) in [5.74, 6) is -14.6. The topological polar surface area (TPSA) is 333 Å². The number of hydrogen-bond donors (Lipinski definition) is 10. The second kappa shape index (κ2) is 28.6. The fourth-order valence-electron chi connectivity index (χ4n) is 7.30. The quantitative estimate of drug-likeness (QED) is 0.0524. The highest BCUT2D eigenvalue weighted by atomic mass is 19.4. The van der Waals surface area contributed by atoms with E-state index in [0.717, 1.165) is 0 Å². The van der Waals surface area contributed by atoms with E-state index in [4.69, 9.17) is 5.11 Å². The molecule has 0 radical (unpaired) electrons. The van der Waals surface area contributed by atoms with Crippen LogP contribution in [0.3, 0.4) is 0 Å². The molecule has 0 saturated heterocycles. The first-order valence-electron chi connectivity index (χ1n) is 23.4. The van der Waals surface area contributed by atoms with Crippen LogP contribution in [0.1, 0.15) is 116 Å². The highest BCUT2D eigenvalue weighted by Gasteiger charge is 2.42. The van der Waals surface area contributed by atoms with Crippen molar-refractivity contribution in [2.75, 3.05) is 0 Å². The predicted octanol–water partition coefficient (Wildman–Crippen LogP) is 2.53. The largest absolute Gasteiger partial charge is 0.481 e. The SMILES string of the molecule is CC[C@H](NC(=O)C(=O)[C@H](CC(F)(F)F)NC(=O)[C@H](CC(C)C)NC(=O)[C@@H](NC(=O)[C@H](Cc1ccccc1C)NC(=O)[C@H](CCC(=O)O)NC(=O)[C@H](CC(=O)O)NC(=O)CCC(=O)O)C(C)(C)C)c1ccccc1. The van der Waals surface area contributed by atoms with Gasteiger partial charge in [0.25, 0.3) is 5.91 Å². The fourth-order valence-corrected chi connectivity index (χ4v) is 7.30. The molecule has 73 heavy (non-hydrogen) atoms. The first kappa shape index (κ1) is 61.7. The molecule has 2 aromatic carbocycles. The number of amides is 7. The molecule has 0 unspecified atom stereocenters. The van der Waals surface area contributed by atoms with Gasteiger partial charge >= 0.3 is 24.1 Å². The third-order valence-corrected chi connectivity index (χ3v) is 11.2. The Labute approximate surface area is 419 Å². The van der Waals surface area contributed by atoms with E-state index in [2.05, 4.69) is 31.9 Å². The molecule has 0 heterocycles. The number of hydrogen-bond acceptors (Lipinski definition) is 11. The lowest BCUT2D eigenvalue weighted by molar-refractivity contribution is -0.154. The van der Waals surface area contributed by atoms with Gasteiger partial charge in [-0.2, -0.15) is 13.2 Å². The molecule has 7 atom stereocenters. The summed E-state index contributed by atoms with van der Waals surface area (Å²) < 4.78 is 41.8. The van der Waals surface area contributed by atoms with Gasteiger partial charge in [-0.1, -0.05) is 96.1 Å². The Morgan fingerprint density at radius 1 is 0.575 bits per heavy atom. The van der Waals surface area contributed by atoms with Crippen molar-refractivity contribution in [2.45, 2.75) is 155 Å². The van der Waals surface area contributed by atoms with Crippen LogP contribution in [0, 0.1) is 18.3 Å². The van der Waals surface area contributed by atoms with Gasteiger partial charge in [-0.15, -0.1) is 0 Å². The summed E-state index contributed by atoms with van der Waals surface area (Å²) in [6.45, 7) is 11.2. The first-order chi connectivity index (χ1) is 33.9. The summed E-state index contributed by atoms with van der Waals surface area (Å²) in [5.41, 5.74) is 0.477. The van der Waals surface area contributed by atoms with Crippen molar-refractivity contribution < 1.29 is 81.2 Å². The summed E-state index contributed by atoms with van der Waals surface area (Å²) in [4.78, 5) is 143. The van der Waals surface area contributed by atoms with Gasteiger partial charge in [-0.3, -0.25) is 52.7 Å². The molecular weight excluding hydrogens is 968 g/mol. The summed E-state index contributed by atoms with van der Waals surface area (Å²) >= 11 is 0. The molecule has 10 N–H and O–H groups in total. The second-order valence-electron chi connectivity index (χ2n) is 18.9. The van der Waals surface area contributed by atoms with Crippen molar-refractivity contribution in [2.24, 2.45) is 11.3 Å². The van der Waals surface area contributed by atoms with Crippen LogP contribution in [-0.2, 0) is 59.2 Å². The molecule has 0 aliphatic rings. The van der Waals surface area contributed by atoms with Crippen LogP contribution in [0.5, 0.6) is 0 Å². The van der Waals surface area contributed by atoms with Gasteiger partial charge in [0.1, 0.15) is 36.3 Å². The van der Waals surface area contributed by atoms with E-state index in [1.165, 1.54) is 20.8 Å². The van der Waals surface area contributed by atoms with Gasteiger partial charge in [0.05, 0.1) is 25.3 Å². The number of benzene rings is 2. The van der Waals surface area contributed by atoms with Gasteiger partial charge in [-0.05, 0) is 54.2 Å². The number of Topliss-reactive ketones (excluding diaryl/α,β-unsaturated/α-hetero) is 1. The van der Waals surface area contributed by atoms with E-state index in [0.29, 0.717) is 16.7 Å². The molecule has 0 bridgehead atoms. The van der Waals surface area contributed by atoms with Crippen LogP contribution in [0.15, 0.2) is 54.6 Å². The van der Waals surface area contributed by atoms with Gasteiger partial charge in [0, 0.05) is 19.3 Å². The summed E-state index contributed by atoms with van der Waals surface area (Å²) in [7, 11) is 0. The molecule has 24 heteroatoms. The minimum atomic E-state index is -5.05. The lowest BCUT2D eigenvalue weighted by Gasteiger charge is -2.34. The maximum absolute atomic E-state index is 14.4. The highest BCUT2D eigenvalue weighted by molar-refractivity contribution is 6.38. The van der Waals surface area contributed by atoms with Crippen molar-refractivity contribution in [1.29, 1.82) is 0 Å². The molecule has 0 aliphatic heterocycles. The number of carboxylic acids is 3. The average Bonchev–Trinajstić information content (AvgIpc) is 3.28. The fraction of sp³-hybridized carbons (Fsp3) is 0.531. The Morgan fingerprint density at radius 3 is 1.63 bits per heavy atom. The zero-order valence-electron chi connectivity index (χ0n) is 41.6. The lowest BCUT2D eigenvalue weighted by atomic mass is 9.85. The van der Waals surface area contributed by atoms with E-state index in [1.807, 2.05) is 5.32 Å². The number of rotatable bonds is 29. The Balaban J connectivity index is 2.51. The normalized spacial score (nSPS) is 14.3. The molecule has 0 saturated carbocycles. The maximum Gasteiger partial charge on any atom is 0.391 e. The van der Waals surface area contributed by atoms with Gasteiger partial charge in [0.15, 0.2) is 0 Å². The molecule has 0 aliphatic carbocycles. The number of carboxylic acid groups (broad SMARTS) is 3. The molecule has 0 aromatic heterocycles. The monoisotopic (exact) mass is 1030 g/mol. The van der Waals surface area contributed by atoms with E-state index in [1.54, 1.807) is 82.3 Å². The predicted molar refractivity (Wildman–Crippen MR) is 255 cm³/mol. The summed E-state index contributed by atoms with van der Waals surface area (Å²) in [6.07, 6.45) is -10.9. The van der Waals surface area contributed by atoms with Crippen LogP contribution in [0.25, 0.3) is 0 Å². The van der Waals surface area contributed by atoms with Gasteiger partial charge in [-0.25, -0.2) is 0 Å². The molecule has 21 nitrogen and oxygen atoms in total. The average molecular weight is 1030 g/mol. The van der Waals surface area contributed by atoms with Crippen molar-refractivity contribution in [3.05, 3.63) is 71.3 Å². The molecule has 7 amide bonds. The van der Waals surface area contributed by atoms with Gasteiger partial charge in [0.2, 0.25) is 41.2 Å². The Kier molecular flexibility index (Phi) is 24.2. The van der Waals surface area contributed by atoms with Crippen LogP contribution in [-0.4, -0.2) is 123 Å². The standard InChI is InChI=1S/C49H66F3N7O14/c1-8-30(28-15-10-9-11-16-28)54-46(72)40(67)35(25-49(50,51)52)58-43(69)32(22-26(2)3)57-47(73)41(48(5,6)7)59-45(71)33(23-29-17-13-12-14-27(29)4)56-42(68)31(18-20-37(61)62)55-44(70)34(24-39(65)66)53-36(60)19-21-38(63)64/h9-17,26,30-35,41H,8,18-25H2,1-7H3,(H,53,60)(H,54,72)(H,55,70)(H,56,68)(H,57,73)(H,58,69)(H,59,71)(H,61,62)(H,63,64)(H,65,66)/t30-,31-,32-,33-,34-,35-,41+/m0/s1. The van der Waals surface area contributed by atoms with E-state index >= 15 is 0 Å². The van der Waals surface area contributed by atoms with Crippen molar-refractivity contribution >= 4 is 65.0 Å². The zero-order chi connectivity index (χ0) is 55.4. The minimum absolute atomic E-state index is 0.206. The van der Waals surface area contributed by atoms with Crippen molar-refractivity contribution in [1.82, 2.24) is 37.2 Å². The Hall–Kier alpha value is -7.40. The number of carbonyl (C=O) groups excluding carboxylic acids is 8. The van der Waals surface area contributed by atoms with E-state index in [-0.39, 0.29) is 19.3 Å².